The van der Waals surface area contributed by atoms with Crippen molar-refractivity contribution >= 4 is 23.0 Å². The molecule has 0 saturated heterocycles. The lowest BCUT2D eigenvalue weighted by atomic mass is 10.2. The molecule has 0 aliphatic heterocycles. The topological polar surface area (TPSA) is 93.0 Å². The maximum atomic E-state index is 13.7. The molecule has 0 fully saturated rings. The van der Waals surface area contributed by atoms with Gasteiger partial charge in [-0.05, 0) is 24.6 Å². The van der Waals surface area contributed by atoms with Crippen molar-refractivity contribution in [2.75, 3.05) is 17.7 Å². The number of aromatic nitrogens is 2. The van der Waals surface area contributed by atoms with Crippen LogP contribution in [0.3, 0.4) is 0 Å². The Morgan fingerprint density at radius 2 is 2.00 bits per heavy atom. The van der Waals surface area contributed by atoms with Crippen molar-refractivity contribution in [2.45, 2.75) is 6.92 Å². The Kier molecular flexibility index (Phi) is 3.74. The summed E-state index contributed by atoms with van der Waals surface area (Å²) in [4.78, 5) is 18.0. The number of nitrogens with zero attached hydrogens (tertiary/aromatic N) is 3. The first-order chi connectivity index (χ1) is 9.52. The third-order valence-corrected chi connectivity index (χ3v) is 2.62. The molecule has 0 atom stereocenters. The number of aryl methyl sites for hydroxylation is 1. The van der Waals surface area contributed by atoms with Crippen LogP contribution in [0.15, 0.2) is 24.5 Å². The number of nitrogens with one attached hydrogen (secondary N) is 2. The van der Waals surface area contributed by atoms with Gasteiger partial charge >= 0.3 is 5.69 Å². The minimum Gasteiger partial charge on any atom is -0.367 e. The Labute approximate surface area is 114 Å². The van der Waals surface area contributed by atoms with E-state index >= 15 is 0 Å². The maximum Gasteiger partial charge on any atom is 0.353 e. The lowest BCUT2D eigenvalue weighted by Crippen LogP contribution is -2.06. The van der Waals surface area contributed by atoms with Crippen molar-refractivity contribution < 1.29 is 9.31 Å². The Bertz CT molecular complexity index is 662. The van der Waals surface area contributed by atoms with E-state index in [2.05, 4.69) is 20.6 Å². The second-order valence-electron chi connectivity index (χ2n) is 4.03. The predicted octanol–water partition coefficient (Wildman–Crippen LogP) is 2.62. The fourth-order valence-corrected chi connectivity index (χ4v) is 1.69. The lowest BCUT2D eigenvalue weighted by Gasteiger charge is -2.09. The van der Waals surface area contributed by atoms with E-state index in [-0.39, 0.29) is 23.0 Å². The molecular weight excluding hydrogens is 265 g/mol. The number of hydrogen-bond acceptors (Lipinski definition) is 6. The molecule has 0 spiro atoms. The SMILES string of the molecule is CNc1ncnc(Nc2cc(C)ccc2F)c1[N+](=O)[O-]. The molecule has 0 unspecified atom stereocenters. The molecule has 20 heavy (non-hydrogen) atoms. The van der Waals surface area contributed by atoms with E-state index in [0.29, 0.717) is 0 Å². The van der Waals surface area contributed by atoms with E-state index in [9.17, 15) is 14.5 Å². The van der Waals surface area contributed by atoms with Crippen LogP contribution in [0.25, 0.3) is 0 Å². The van der Waals surface area contributed by atoms with Gasteiger partial charge in [0.25, 0.3) is 0 Å². The summed E-state index contributed by atoms with van der Waals surface area (Å²) in [5.74, 6) is -0.533. The molecule has 1 heterocycles. The van der Waals surface area contributed by atoms with E-state index in [1.54, 1.807) is 19.1 Å². The molecule has 2 aromatic rings. The summed E-state index contributed by atoms with van der Waals surface area (Å²) < 4.78 is 13.7. The van der Waals surface area contributed by atoms with Crippen molar-refractivity contribution in [3.05, 3.63) is 46.0 Å². The van der Waals surface area contributed by atoms with Crippen molar-refractivity contribution in [3.8, 4) is 0 Å². The van der Waals surface area contributed by atoms with Crippen molar-refractivity contribution in [1.29, 1.82) is 0 Å². The van der Waals surface area contributed by atoms with Crippen molar-refractivity contribution in [1.82, 2.24) is 9.97 Å². The van der Waals surface area contributed by atoms with Crippen LogP contribution in [0, 0.1) is 22.9 Å². The smallest absolute Gasteiger partial charge is 0.353 e. The van der Waals surface area contributed by atoms with E-state index in [0.717, 1.165) is 11.9 Å². The fourth-order valence-electron chi connectivity index (χ4n) is 1.69. The summed E-state index contributed by atoms with van der Waals surface area (Å²) in [6.07, 6.45) is 1.16. The molecule has 0 saturated carbocycles. The third kappa shape index (κ3) is 2.63. The molecule has 1 aromatic heterocycles. The van der Waals surface area contributed by atoms with Crippen LogP contribution < -0.4 is 10.6 Å². The number of hydrogen-bond donors (Lipinski definition) is 2. The second kappa shape index (κ2) is 5.47. The summed E-state index contributed by atoms with van der Waals surface area (Å²) in [7, 11) is 1.51. The second-order valence-corrected chi connectivity index (χ2v) is 4.03. The number of rotatable bonds is 4. The largest absolute Gasteiger partial charge is 0.367 e. The lowest BCUT2D eigenvalue weighted by molar-refractivity contribution is -0.383. The average Bonchev–Trinajstić information content (AvgIpc) is 2.42. The summed E-state index contributed by atoms with van der Waals surface area (Å²) in [5, 5.41) is 16.3. The van der Waals surface area contributed by atoms with E-state index in [4.69, 9.17) is 0 Å². The molecule has 0 aliphatic rings. The van der Waals surface area contributed by atoms with Crippen molar-refractivity contribution in [3.63, 3.8) is 0 Å². The van der Waals surface area contributed by atoms with Gasteiger partial charge in [-0.1, -0.05) is 6.07 Å². The van der Waals surface area contributed by atoms with Gasteiger partial charge < -0.3 is 10.6 Å². The van der Waals surface area contributed by atoms with E-state index in [1.807, 2.05) is 0 Å². The zero-order chi connectivity index (χ0) is 14.7. The van der Waals surface area contributed by atoms with E-state index in [1.165, 1.54) is 13.1 Å². The van der Waals surface area contributed by atoms with Gasteiger partial charge in [-0.15, -0.1) is 0 Å². The first kappa shape index (κ1) is 13.7. The van der Waals surface area contributed by atoms with Gasteiger partial charge in [-0.3, -0.25) is 10.1 Å². The van der Waals surface area contributed by atoms with Gasteiger partial charge in [0, 0.05) is 7.05 Å². The van der Waals surface area contributed by atoms with Crippen LogP contribution in [-0.2, 0) is 0 Å². The van der Waals surface area contributed by atoms with Gasteiger partial charge in [0.1, 0.15) is 12.1 Å². The summed E-state index contributed by atoms with van der Waals surface area (Å²) in [6, 6.07) is 4.43. The zero-order valence-electron chi connectivity index (χ0n) is 10.8. The summed E-state index contributed by atoms with van der Waals surface area (Å²) in [5.41, 5.74) is 0.601. The van der Waals surface area contributed by atoms with Crippen LogP contribution in [0.2, 0.25) is 0 Å². The Hall–Kier alpha value is -2.77. The molecule has 0 bridgehead atoms. The van der Waals surface area contributed by atoms with Gasteiger partial charge in [0.15, 0.2) is 0 Å². The summed E-state index contributed by atoms with van der Waals surface area (Å²) >= 11 is 0. The fraction of sp³-hybridized carbons (Fsp3) is 0.167. The van der Waals surface area contributed by atoms with Crippen LogP contribution >= 0.6 is 0 Å². The molecule has 0 amide bonds. The monoisotopic (exact) mass is 277 g/mol. The zero-order valence-corrected chi connectivity index (χ0v) is 10.8. The molecule has 2 rings (SSSR count). The van der Waals surface area contributed by atoms with Gasteiger partial charge in [-0.2, -0.15) is 0 Å². The quantitative estimate of drug-likeness (QED) is 0.659. The molecule has 104 valence electrons. The van der Waals surface area contributed by atoms with Crippen molar-refractivity contribution in [2.24, 2.45) is 0 Å². The standard InChI is InChI=1S/C12H12FN5O2/c1-7-3-4-8(13)9(5-7)17-12-10(18(19)20)11(14-2)15-6-16-12/h3-6H,1-2H3,(H2,14,15,16,17). The Balaban J connectivity index is 2.48. The molecule has 1 aromatic carbocycles. The number of nitro groups is 1. The maximum absolute atomic E-state index is 13.7. The van der Waals surface area contributed by atoms with Gasteiger partial charge in [0.2, 0.25) is 11.6 Å². The van der Waals surface area contributed by atoms with Gasteiger partial charge in [0.05, 0.1) is 10.6 Å². The number of anilines is 3. The molecule has 8 heteroatoms. The first-order valence-corrected chi connectivity index (χ1v) is 5.73. The highest BCUT2D eigenvalue weighted by atomic mass is 19.1. The minimum absolute atomic E-state index is 0.0561. The first-order valence-electron chi connectivity index (χ1n) is 5.73. The predicted molar refractivity (Wildman–Crippen MR) is 72.7 cm³/mol. The van der Waals surface area contributed by atoms with Crippen LogP contribution in [0.4, 0.5) is 27.4 Å². The molecular formula is C12H12FN5O2. The molecule has 7 nitrogen and oxygen atoms in total. The van der Waals surface area contributed by atoms with Crippen LogP contribution in [0.5, 0.6) is 0 Å². The highest BCUT2D eigenvalue weighted by molar-refractivity contribution is 5.73. The molecule has 2 N–H and O–H groups in total. The van der Waals surface area contributed by atoms with Crippen LogP contribution in [0.1, 0.15) is 5.56 Å². The van der Waals surface area contributed by atoms with E-state index < -0.39 is 10.7 Å². The number of benzene rings is 1. The Morgan fingerprint density at radius 3 is 2.65 bits per heavy atom. The normalized spacial score (nSPS) is 10.2. The average molecular weight is 277 g/mol. The minimum atomic E-state index is -0.623. The summed E-state index contributed by atoms with van der Waals surface area (Å²) in [6.45, 7) is 1.79. The van der Waals surface area contributed by atoms with Gasteiger partial charge in [-0.25, -0.2) is 14.4 Å². The third-order valence-electron chi connectivity index (χ3n) is 2.62. The molecule has 0 radical (unpaired) electrons. The number of halogens is 1. The highest BCUT2D eigenvalue weighted by Crippen LogP contribution is 2.31. The highest BCUT2D eigenvalue weighted by Gasteiger charge is 2.22. The molecule has 0 aliphatic carbocycles. The Morgan fingerprint density at radius 1 is 1.30 bits per heavy atom. The van der Waals surface area contributed by atoms with Crippen LogP contribution in [-0.4, -0.2) is 21.9 Å².